The molecule has 3 rings (SSSR count). The fourth-order valence-electron chi connectivity index (χ4n) is 3.10. The van der Waals surface area contributed by atoms with Crippen molar-refractivity contribution in [2.75, 3.05) is 24.5 Å². The summed E-state index contributed by atoms with van der Waals surface area (Å²) in [6, 6.07) is 11.5. The Hall–Kier alpha value is -2.07. The van der Waals surface area contributed by atoms with Gasteiger partial charge in [0, 0.05) is 24.7 Å². The van der Waals surface area contributed by atoms with Gasteiger partial charge < -0.3 is 10.2 Å². The van der Waals surface area contributed by atoms with Crippen molar-refractivity contribution in [1.82, 2.24) is 10.3 Å². The number of hydrogen-bond donors (Lipinski definition) is 1. The summed E-state index contributed by atoms with van der Waals surface area (Å²) in [7, 11) is 0. The van der Waals surface area contributed by atoms with Gasteiger partial charge in [-0.05, 0) is 49.1 Å². The van der Waals surface area contributed by atoms with E-state index in [9.17, 15) is 4.79 Å². The maximum absolute atomic E-state index is 12.2. The molecule has 0 atom stereocenters. The Labute approximate surface area is 154 Å². The molecule has 1 fully saturated rings. The summed E-state index contributed by atoms with van der Waals surface area (Å²) in [5, 5.41) is 3.65. The first-order chi connectivity index (χ1) is 12.2. The number of anilines is 1. The Bertz CT molecular complexity index is 677. The highest BCUT2D eigenvalue weighted by Crippen LogP contribution is 2.18. The van der Waals surface area contributed by atoms with Crippen LogP contribution in [0, 0.1) is 0 Å². The minimum absolute atomic E-state index is 0.128. The third-order valence-electron chi connectivity index (χ3n) is 4.56. The summed E-state index contributed by atoms with van der Waals surface area (Å²) in [5.74, 6) is -0.128. The number of hydrogen-bond acceptors (Lipinski definition) is 3. The van der Waals surface area contributed by atoms with Gasteiger partial charge in [0.05, 0.1) is 11.9 Å². The molecule has 1 amide bonds. The second-order valence-electron chi connectivity index (χ2n) is 6.44. The largest absolute Gasteiger partial charge is 0.370 e. The molecule has 0 radical (unpaired) electrons. The van der Waals surface area contributed by atoms with Gasteiger partial charge in [0.1, 0.15) is 5.69 Å². The molecule has 1 N–H and O–H groups in total. The number of benzene rings is 1. The highest BCUT2D eigenvalue weighted by atomic mass is 35.5. The zero-order valence-electron chi connectivity index (χ0n) is 14.4. The SMILES string of the molecule is O=C(NCCc1ccc(Cl)cc1)c1ccc(N2CCCCCC2)cn1. The second-order valence-corrected chi connectivity index (χ2v) is 6.87. The van der Waals surface area contributed by atoms with Crippen LogP contribution >= 0.6 is 11.6 Å². The minimum Gasteiger partial charge on any atom is -0.370 e. The zero-order chi connectivity index (χ0) is 17.5. The quantitative estimate of drug-likeness (QED) is 0.876. The highest BCUT2D eigenvalue weighted by Gasteiger charge is 2.12. The van der Waals surface area contributed by atoms with Gasteiger partial charge in [0.2, 0.25) is 0 Å². The molecule has 0 unspecified atom stereocenters. The molecule has 132 valence electrons. The van der Waals surface area contributed by atoms with Crippen molar-refractivity contribution in [3.8, 4) is 0 Å². The fourth-order valence-corrected chi connectivity index (χ4v) is 3.22. The Morgan fingerprint density at radius 3 is 2.40 bits per heavy atom. The van der Waals surface area contributed by atoms with Crippen LogP contribution in [0.2, 0.25) is 5.02 Å². The third kappa shape index (κ3) is 5.20. The van der Waals surface area contributed by atoms with Crippen LogP contribution in [0.4, 0.5) is 5.69 Å². The average Bonchev–Trinajstić information content (AvgIpc) is 2.93. The van der Waals surface area contributed by atoms with E-state index in [2.05, 4.69) is 15.2 Å². The number of pyridine rings is 1. The summed E-state index contributed by atoms with van der Waals surface area (Å²) < 4.78 is 0. The van der Waals surface area contributed by atoms with Crippen molar-refractivity contribution < 1.29 is 4.79 Å². The average molecular weight is 358 g/mol. The lowest BCUT2D eigenvalue weighted by Gasteiger charge is -2.22. The Morgan fingerprint density at radius 2 is 1.76 bits per heavy atom. The number of halogens is 1. The van der Waals surface area contributed by atoms with E-state index in [-0.39, 0.29) is 5.91 Å². The predicted molar refractivity (Wildman–Crippen MR) is 102 cm³/mol. The second kappa shape index (κ2) is 8.86. The van der Waals surface area contributed by atoms with Gasteiger partial charge in [-0.25, -0.2) is 4.98 Å². The maximum atomic E-state index is 12.2. The van der Waals surface area contributed by atoms with E-state index >= 15 is 0 Å². The molecule has 0 saturated carbocycles. The summed E-state index contributed by atoms with van der Waals surface area (Å²) in [6.07, 6.45) is 7.66. The molecule has 25 heavy (non-hydrogen) atoms. The molecule has 0 aliphatic carbocycles. The molecular formula is C20H24ClN3O. The van der Waals surface area contributed by atoms with Crippen molar-refractivity contribution in [2.45, 2.75) is 32.1 Å². The van der Waals surface area contributed by atoms with Gasteiger partial charge in [-0.3, -0.25) is 4.79 Å². The fraction of sp³-hybridized carbons (Fsp3) is 0.400. The third-order valence-corrected chi connectivity index (χ3v) is 4.82. The van der Waals surface area contributed by atoms with Gasteiger partial charge in [-0.1, -0.05) is 36.6 Å². The smallest absolute Gasteiger partial charge is 0.269 e. The highest BCUT2D eigenvalue weighted by molar-refractivity contribution is 6.30. The summed E-state index contributed by atoms with van der Waals surface area (Å²) in [6.45, 7) is 2.73. The number of nitrogens with one attached hydrogen (secondary N) is 1. The van der Waals surface area contributed by atoms with Crippen molar-refractivity contribution in [3.63, 3.8) is 0 Å². The summed E-state index contributed by atoms with van der Waals surface area (Å²) in [5.41, 5.74) is 2.73. The van der Waals surface area contributed by atoms with E-state index in [1.165, 1.54) is 25.7 Å². The molecular weight excluding hydrogens is 334 g/mol. The van der Waals surface area contributed by atoms with E-state index < -0.39 is 0 Å². The number of amides is 1. The standard InChI is InChI=1S/C20H24ClN3O/c21-17-7-5-16(6-8-17)11-12-22-20(25)19-10-9-18(15-23-19)24-13-3-1-2-4-14-24/h5-10,15H,1-4,11-14H2,(H,22,25). The molecule has 4 nitrogen and oxygen atoms in total. The first kappa shape index (κ1) is 17.7. The number of carbonyl (C=O) groups excluding carboxylic acids is 1. The summed E-state index contributed by atoms with van der Waals surface area (Å²) in [4.78, 5) is 18.9. The number of carbonyl (C=O) groups is 1. The monoisotopic (exact) mass is 357 g/mol. The molecule has 1 aliphatic heterocycles. The van der Waals surface area contributed by atoms with Crippen molar-refractivity contribution in [2.24, 2.45) is 0 Å². The van der Waals surface area contributed by atoms with Crippen LogP contribution in [-0.4, -0.2) is 30.5 Å². The first-order valence-electron chi connectivity index (χ1n) is 8.96. The van der Waals surface area contributed by atoms with Crippen LogP contribution < -0.4 is 10.2 Å². The lowest BCUT2D eigenvalue weighted by atomic mass is 10.1. The van der Waals surface area contributed by atoms with Crippen LogP contribution in [0.1, 0.15) is 41.7 Å². The van der Waals surface area contributed by atoms with Crippen molar-refractivity contribution in [1.29, 1.82) is 0 Å². The molecule has 0 spiro atoms. The Morgan fingerprint density at radius 1 is 1.04 bits per heavy atom. The van der Waals surface area contributed by atoms with E-state index in [0.717, 1.165) is 35.8 Å². The first-order valence-corrected chi connectivity index (χ1v) is 9.34. The molecule has 1 aromatic carbocycles. The number of rotatable bonds is 5. The van der Waals surface area contributed by atoms with Crippen molar-refractivity contribution in [3.05, 3.63) is 58.9 Å². The van der Waals surface area contributed by atoms with Crippen molar-refractivity contribution >= 4 is 23.2 Å². The number of nitrogens with zero attached hydrogens (tertiary/aromatic N) is 2. The van der Waals surface area contributed by atoms with E-state index in [0.29, 0.717) is 12.2 Å². The topological polar surface area (TPSA) is 45.2 Å². The Balaban J connectivity index is 1.50. The lowest BCUT2D eigenvalue weighted by Crippen LogP contribution is -2.27. The van der Waals surface area contributed by atoms with Crippen LogP contribution in [0.3, 0.4) is 0 Å². The maximum Gasteiger partial charge on any atom is 0.269 e. The van der Waals surface area contributed by atoms with Gasteiger partial charge in [0.15, 0.2) is 0 Å². The van der Waals surface area contributed by atoms with Gasteiger partial charge >= 0.3 is 0 Å². The van der Waals surface area contributed by atoms with Gasteiger partial charge in [0.25, 0.3) is 5.91 Å². The van der Waals surface area contributed by atoms with Gasteiger partial charge in [-0.15, -0.1) is 0 Å². The van der Waals surface area contributed by atoms with E-state index in [4.69, 9.17) is 11.6 Å². The van der Waals surface area contributed by atoms with Crippen LogP contribution in [0.5, 0.6) is 0 Å². The molecule has 1 aliphatic rings. The molecule has 1 saturated heterocycles. The molecule has 2 aromatic rings. The normalized spacial score (nSPS) is 14.8. The molecule has 2 heterocycles. The predicted octanol–water partition coefficient (Wildman–Crippen LogP) is 4.09. The van der Waals surface area contributed by atoms with Crippen LogP contribution in [0.25, 0.3) is 0 Å². The van der Waals surface area contributed by atoms with Crippen LogP contribution in [0.15, 0.2) is 42.6 Å². The minimum atomic E-state index is -0.128. The molecule has 1 aromatic heterocycles. The Kier molecular flexibility index (Phi) is 6.29. The lowest BCUT2D eigenvalue weighted by molar-refractivity contribution is 0.0949. The zero-order valence-corrected chi connectivity index (χ0v) is 15.1. The molecule has 0 bridgehead atoms. The van der Waals surface area contributed by atoms with Gasteiger partial charge in [-0.2, -0.15) is 0 Å². The van der Waals surface area contributed by atoms with Crippen LogP contribution in [-0.2, 0) is 6.42 Å². The van der Waals surface area contributed by atoms with E-state index in [1.807, 2.05) is 42.6 Å². The summed E-state index contributed by atoms with van der Waals surface area (Å²) >= 11 is 5.87. The number of aromatic nitrogens is 1. The molecule has 5 heteroatoms. The van der Waals surface area contributed by atoms with E-state index in [1.54, 1.807) is 0 Å².